The second-order valence-corrected chi connectivity index (χ2v) is 5.11. The number of ether oxygens (including phenoxy) is 2. The first-order valence-electron chi connectivity index (χ1n) is 6.70. The highest BCUT2D eigenvalue weighted by Crippen LogP contribution is 2.29. The van der Waals surface area contributed by atoms with E-state index in [4.69, 9.17) is 9.47 Å². The van der Waals surface area contributed by atoms with Gasteiger partial charge in [0.05, 0.1) is 14.2 Å². The summed E-state index contributed by atoms with van der Waals surface area (Å²) in [6.07, 6.45) is 0.348. The van der Waals surface area contributed by atoms with Crippen LogP contribution in [0.25, 0.3) is 0 Å². The molecule has 2 amide bonds. The normalized spacial score (nSPS) is 10.2. The van der Waals surface area contributed by atoms with E-state index in [-0.39, 0.29) is 11.8 Å². The molecule has 0 unspecified atom stereocenters. The molecule has 1 aromatic carbocycles. The van der Waals surface area contributed by atoms with Gasteiger partial charge in [-0.05, 0) is 25.0 Å². The molecule has 0 aliphatic heterocycles. The highest BCUT2D eigenvalue weighted by atomic mass is 16.5. The van der Waals surface area contributed by atoms with Crippen molar-refractivity contribution in [2.45, 2.75) is 27.2 Å². The number of carbonyl (C=O) groups excluding carboxylic acids is 2. The standard InChI is InChI=1S/C15H22N2O4/c1-9(2)6-14(18)16-17-15(19)11-7-12(20-4)10(3)13(8-11)21-5/h7-9H,6H2,1-5H3,(H,16,18)(H,17,19). The molecule has 0 saturated heterocycles. The van der Waals surface area contributed by atoms with Gasteiger partial charge in [0.1, 0.15) is 11.5 Å². The van der Waals surface area contributed by atoms with Crippen LogP contribution >= 0.6 is 0 Å². The van der Waals surface area contributed by atoms with Gasteiger partial charge in [0.2, 0.25) is 5.91 Å². The maximum Gasteiger partial charge on any atom is 0.269 e. The van der Waals surface area contributed by atoms with Gasteiger partial charge in [-0.25, -0.2) is 0 Å². The maximum absolute atomic E-state index is 12.0. The summed E-state index contributed by atoms with van der Waals surface area (Å²) >= 11 is 0. The minimum atomic E-state index is -0.427. The molecule has 0 heterocycles. The summed E-state index contributed by atoms with van der Waals surface area (Å²) in [5.41, 5.74) is 5.91. The van der Waals surface area contributed by atoms with E-state index in [1.165, 1.54) is 14.2 Å². The van der Waals surface area contributed by atoms with Crippen LogP contribution in [0.4, 0.5) is 0 Å². The largest absolute Gasteiger partial charge is 0.496 e. The van der Waals surface area contributed by atoms with Crippen LogP contribution in [0.1, 0.15) is 36.2 Å². The Morgan fingerprint density at radius 2 is 1.62 bits per heavy atom. The van der Waals surface area contributed by atoms with Gasteiger partial charge in [-0.3, -0.25) is 20.4 Å². The number of benzene rings is 1. The molecule has 0 atom stereocenters. The second kappa shape index (κ2) is 7.52. The first kappa shape index (κ1) is 16.8. The van der Waals surface area contributed by atoms with Crippen LogP contribution in [0, 0.1) is 12.8 Å². The first-order valence-corrected chi connectivity index (χ1v) is 6.70. The van der Waals surface area contributed by atoms with E-state index in [0.717, 1.165) is 5.56 Å². The third kappa shape index (κ3) is 4.66. The predicted octanol–water partition coefficient (Wildman–Crippen LogP) is 1.82. The molecule has 21 heavy (non-hydrogen) atoms. The Bertz CT molecular complexity index is 501. The number of carbonyl (C=O) groups is 2. The fourth-order valence-electron chi connectivity index (χ4n) is 1.84. The summed E-state index contributed by atoms with van der Waals surface area (Å²) in [7, 11) is 3.04. The topological polar surface area (TPSA) is 76.7 Å². The molecule has 0 aliphatic rings. The second-order valence-electron chi connectivity index (χ2n) is 5.11. The molecule has 0 aromatic heterocycles. The van der Waals surface area contributed by atoms with E-state index in [0.29, 0.717) is 23.5 Å². The number of amides is 2. The van der Waals surface area contributed by atoms with Crippen LogP contribution in [0.3, 0.4) is 0 Å². The quantitative estimate of drug-likeness (QED) is 0.812. The lowest BCUT2D eigenvalue weighted by Crippen LogP contribution is -2.42. The Morgan fingerprint density at radius 1 is 1.10 bits per heavy atom. The van der Waals surface area contributed by atoms with E-state index >= 15 is 0 Å². The minimum absolute atomic E-state index is 0.224. The van der Waals surface area contributed by atoms with Gasteiger partial charge in [0, 0.05) is 17.5 Å². The van der Waals surface area contributed by atoms with Gasteiger partial charge in [0.15, 0.2) is 0 Å². The number of hydrogen-bond donors (Lipinski definition) is 2. The Hall–Kier alpha value is -2.24. The SMILES string of the molecule is COc1cc(C(=O)NNC(=O)CC(C)C)cc(OC)c1C. The van der Waals surface area contributed by atoms with Crippen molar-refractivity contribution in [3.8, 4) is 11.5 Å². The summed E-state index contributed by atoms with van der Waals surface area (Å²) in [6.45, 7) is 5.69. The number of hydrazine groups is 1. The third-order valence-electron chi connectivity index (χ3n) is 2.92. The van der Waals surface area contributed by atoms with Crippen LogP contribution < -0.4 is 20.3 Å². The van der Waals surface area contributed by atoms with Crippen molar-refractivity contribution in [2.24, 2.45) is 5.92 Å². The van der Waals surface area contributed by atoms with E-state index in [2.05, 4.69) is 10.9 Å². The van der Waals surface area contributed by atoms with Crippen LogP contribution in [0.5, 0.6) is 11.5 Å². The van der Waals surface area contributed by atoms with Gasteiger partial charge in [-0.1, -0.05) is 13.8 Å². The molecule has 2 N–H and O–H groups in total. The predicted molar refractivity (Wildman–Crippen MR) is 79.3 cm³/mol. The zero-order valence-electron chi connectivity index (χ0n) is 13.1. The zero-order valence-corrected chi connectivity index (χ0v) is 13.1. The lowest BCUT2D eigenvalue weighted by Gasteiger charge is -2.13. The molecule has 0 saturated carbocycles. The average Bonchev–Trinajstić information content (AvgIpc) is 2.44. The molecule has 116 valence electrons. The smallest absolute Gasteiger partial charge is 0.269 e. The number of hydrogen-bond acceptors (Lipinski definition) is 4. The van der Waals surface area contributed by atoms with Gasteiger partial charge in [0.25, 0.3) is 5.91 Å². The van der Waals surface area contributed by atoms with E-state index < -0.39 is 5.91 Å². The van der Waals surface area contributed by atoms with Crippen LogP contribution in [-0.2, 0) is 4.79 Å². The van der Waals surface area contributed by atoms with Crippen LogP contribution in [0.15, 0.2) is 12.1 Å². The molecular weight excluding hydrogens is 272 g/mol. The monoisotopic (exact) mass is 294 g/mol. The third-order valence-corrected chi connectivity index (χ3v) is 2.92. The van der Waals surface area contributed by atoms with Crippen molar-refractivity contribution in [1.82, 2.24) is 10.9 Å². The van der Waals surface area contributed by atoms with E-state index in [1.54, 1.807) is 12.1 Å². The molecule has 0 aliphatic carbocycles. The number of rotatable bonds is 5. The van der Waals surface area contributed by atoms with Gasteiger partial charge in [-0.2, -0.15) is 0 Å². The Kier molecular flexibility index (Phi) is 6.02. The highest BCUT2D eigenvalue weighted by molar-refractivity contribution is 5.96. The lowest BCUT2D eigenvalue weighted by molar-refractivity contribution is -0.122. The minimum Gasteiger partial charge on any atom is -0.496 e. The molecule has 0 spiro atoms. The summed E-state index contributed by atoms with van der Waals surface area (Å²) in [5.74, 6) is 0.663. The molecular formula is C15H22N2O4. The Labute approximate surface area is 124 Å². The van der Waals surface area contributed by atoms with Crippen molar-refractivity contribution >= 4 is 11.8 Å². The van der Waals surface area contributed by atoms with Gasteiger partial charge >= 0.3 is 0 Å². The number of nitrogens with one attached hydrogen (secondary N) is 2. The van der Waals surface area contributed by atoms with Crippen molar-refractivity contribution in [3.63, 3.8) is 0 Å². The van der Waals surface area contributed by atoms with Crippen LogP contribution in [0.2, 0.25) is 0 Å². The summed E-state index contributed by atoms with van der Waals surface area (Å²) < 4.78 is 10.4. The molecule has 0 fully saturated rings. The van der Waals surface area contributed by atoms with Gasteiger partial charge in [-0.15, -0.1) is 0 Å². The summed E-state index contributed by atoms with van der Waals surface area (Å²) in [6, 6.07) is 3.20. The lowest BCUT2D eigenvalue weighted by atomic mass is 10.1. The van der Waals surface area contributed by atoms with Crippen molar-refractivity contribution < 1.29 is 19.1 Å². The Balaban J connectivity index is 2.81. The van der Waals surface area contributed by atoms with Crippen molar-refractivity contribution in [3.05, 3.63) is 23.3 Å². The van der Waals surface area contributed by atoms with E-state index in [9.17, 15) is 9.59 Å². The molecule has 6 heteroatoms. The molecule has 6 nitrogen and oxygen atoms in total. The fraction of sp³-hybridized carbons (Fsp3) is 0.467. The summed E-state index contributed by atoms with van der Waals surface area (Å²) in [5, 5.41) is 0. The maximum atomic E-state index is 12.0. The first-order chi connectivity index (χ1) is 9.88. The van der Waals surface area contributed by atoms with E-state index in [1.807, 2.05) is 20.8 Å². The fourth-order valence-corrected chi connectivity index (χ4v) is 1.84. The number of methoxy groups -OCH3 is 2. The van der Waals surface area contributed by atoms with Crippen molar-refractivity contribution in [1.29, 1.82) is 0 Å². The molecule has 1 aromatic rings. The molecule has 0 radical (unpaired) electrons. The molecule has 0 bridgehead atoms. The average molecular weight is 294 g/mol. The van der Waals surface area contributed by atoms with Crippen molar-refractivity contribution in [2.75, 3.05) is 14.2 Å². The highest BCUT2D eigenvalue weighted by Gasteiger charge is 2.14. The molecule has 1 rings (SSSR count). The van der Waals surface area contributed by atoms with Crippen LogP contribution in [-0.4, -0.2) is 26.0 Å². The zero-order chi connectivity index (χ0) is 16.0. The Morgan fingerprint density at radius 3 is 2.05 bits per heavy atom. The summed E-state index contributed by atoms with van der Waals surface area (Å²) in [4.78, 5) is 23.6. The van der Waals surface area contributed by atoms with Gasteiger partial charge < -0.3 is 9.47 Å².